The zero-order valence-electron chi connectivity index (χ0n) is 17.7. The van der Waals surface area contributed by atoms with Crippen LogP contribution in [0.5, 0.6) is 11.5 Å². The van der Waals surface area contributed by atoms with Gasteiger partial charge in [-0.15, -0.1) is 0 Å². The molecule has 0 aliphatic heterocycles. The first-order valence-electron chi connectivity index (χ1n) is 9.59. The standard InChI is InChI=1S/C22H17F4N3O4/c1-11-18-20(33-28-11)19(15-9-14(31-2)5-7-17(15)32-3)27-29(21(18)30)10-12-8-13(22(24,25)26)4-6-16(12)23/h4-9H,10H2,1-3H3. The van der Waals surface area contributed by atoms with Gasteiger partial charge in [0.05, 0.1) is 37.6 Å². The van der Waals surface area contributed by atoms with E-state index in [1.54, 1.807) is 18.2 Å². The van der Waals surface area contributed by atoms with Gasteiger partial charge in [0.2, 0.25) is 5.58 Å². The number of hydrogen-bond acceptors (Lipinski definition) is 6. The topological polar surface area (TPSA) is 79.4 Å². The Balaban J connectivity index is 1.95. The maximum absolute atomic E-state index is 14.4. The molecule has 7 nitrogen and oxygen atoms in total. The number of halogens is 4. The molecule has 172 valence electrons. The normalized spacial score (nSPS) is 11.7. The molecule has 0 N–H and O–H groups in total. The van der Waals surface area contributed by atoms with E-state index in [9.17, 15) is 22.4 Å². The van der Waals surface area contributed by atoms with Gasteiger partial charge in [0.15, 0.2) is 0 Å². The lowest BCUT2D eigenvalue weighted by molar-refractivity contribution is -0.137. The van der Waals surface area contributed by atoms with Crippen molar-refractivity contribution in [3.63, 3.8) is 0 Å². The van der Waals surface area contributed by atoms with E-state index in [1.807, 2.05) is 0 Å². The number of fused-ring (bicyclic) bond motifs is 1. The van der Waals surface area contributed by atoms with Gasteiger partial charge in [-0.05, 0) is 43.3 Å². The first-order valence-corrected chi connectivity index (χ1v) is 9.59. The average Bonchev–Trinajstić information content (AvgIpc) is 3.17. The minimum Gasteiger partial charge on any atom is -0.497 e. The van der Waals surface area contributed by atoms with Gasteiger partial charge < -0.3 is 14.0 Å². The summed E-state index contributed by atoms with van der Waals surface area (Å²) in [5, 5.41) is 8.18. The lowest BCUT2D eigenvalue weighted by Gasteiger charge is -2.13. The van der Waals surface area contributed by atoms with E-state index in [1.165, 1.54) is 21.1 Å². The molecular formula is C22H17F4N3O4. The number of hydrogen-bond donors (Lipinski definition) is 0. The van der Waals surface area contributed by atoms with E-state index in [2.05, 4.69) is 10.3 Å². The molecule has 0 unspecified atom stereocenters. The summed E-state index contributed by atoms with van der Waals surface area (Å²) >= 11 is 0. The van der Waals surface area contributed by atoms with Crippen LogP contribution in [0.2, 0.25) is 0 Å². The molecule has 4 aromatic rings. The van der Waals surface area contributed by atoms with Crippen LogP contribution < -0.4 is 15.0 Å². The van der Waals surface area contributed by atoms with E-state index >= 15 is 0 Å². The van der Waals surface area contributed by atoms with Gasteiger partial charge in [-0.3, -0.25) is 4.79 Å². The molecular weight excluding hydrogens is 446 g/mol. The van der Waals surface area contributed by atoms with E-state index in [0.29, 0.717) is 35.3 Å². The van der Waals surface area contributed by atoms with Crippen molar-refractivity contribution in [2.75, 3.05) is 14.2 Å². The van der Waals surface area contributed by atoms with Gasteiger partial charge in [0.1, 0.15) is 28.4 Å². The SMILES string of the molecule is COc1ccc(OC)c(-c2nn(Cc3cc(C(F)(F)F)ccc3F)c(=O)c3c(C)noc23)c1. The van der Waals surface area contributed by atoms with Crippen LogP contribution in [-0.4, -0.2) is 29.2 Å². The van der Waals surface area contributed by atoms with Crippen LogP contribution in [0.4, 0.5) is 17.6 Å². The molecule has 0 aliphatic carbocycles. The lowest BCUT2D eigenvalue weighted by Crippen LogP contribution is -2.25. The molecule has 0 saturated carbocycles. The first-order chi connectivity index (χ1) is 15.6. The predicted molar refractivity (Wildman–Crippen MR) is 110 cm³/mol. The lowest BCUT2D eigenvalue weighted by atomic mass is 10.1. The number of nitrogens with zero attached hydrogens (tertiary/aromatic N) is 3. The van der Waals surface area contributed by atoms with Crippen LogP contribution in [0.25, 0.3) is 22.2 Å². The highest BCUT2D eigenvalue weighted by molar-refractivity contribution is 5.92. The number of alkyl halides is 3. The Kier molecular flexibility index (Phi) is 5.56. The number of ether oxygens (including phenoxy) is 2. The molecule has 0 spiro atoms. The van der Waals surface area contributed by atoms with E-state index < -0.39 is 29.7 Å². The maximum Gasteiger partial charge on any atom is 0.416 e. The molecule has 11 heteroatoms. The average molecular weight is 463 g/mol. The van der Waals surface area contributed by atoms with Crippen molar-refractivity contribution in [2.24, 2.45) is 0 Å². The van der Waals surface area contributed by atoms with Crippen LogP contribution in [0, 0.1) is 12.7 Å². The zero-order valence-corrected chi connectivity index (χ0v) is 17.7. The second kappa shape index (κ2) is 8.23. The quantitative estimate of drug-likeness (QED) is 0.403. The van der Waals surface area contributed by atoms with E-state index in [-0.39, 0.29) is 27.9 Å². The van der Waals surface area contributed by atoms with Crippen LogP contribution in [0.3, 0.4) is 0 Å². The summed E-state index contributed by atoms with van der Waals surface area (Å²) in [5.41, 5.74) is -1.25. The van der Waals surface area contributed by atoms with Crippen molar-refractivity contribution in [1.82, 2.24) is 14.9 Å². The number of rotatable bonds is 5. The van der Waals surface area contributed by atoms with Crippen LogP contribution in [-0.2, 0) is 12.7 Å². The van der Waals surface area contributed by atoms with Crippen LogP contribution in [0.15, 0.2) is 45.7 Å². The van der Waals surface area contributed by atoms with Crippen molar-refractivity contribution in [1.29, 1.82) is 0 Å². The predicted octanol–water partition coefficient (Wildman–Crippen LogP) is 4.58. The van der Waals surface area contributed by atoms with E-state index in [4.69, 9.17) is 14.0 Å². The third-order valence-corrected chi connectivity index (χ3v) is 5.10. The Morgan fingerprint density at radius 2 is 1.85 bits per heavy atom. The van der Waals surface area contributed by atoms with Gasteiger partial charge in [-0.2, -0.15) is 18.3 Å². The summed E-state index contributed by atoms with van der Waals surface area (Å²) in [6.07, 6.45) is -4.67. The maximum atomic E-state index is 14.4. The summed E-state index contributed by atoms with van der Waals surface area (Å²) in [5.74, 6) is -0.0768. The summed E-state index contributed by atoms with van der Waals surface area (Å²) in [4.78, 5) is 13.1. The highest BCUT2D eigenvalue weighted by atomic mass is 19.4. The fraction of sp³-hybridized carbons (Fsp3) is 0.227. The highest BCUT2D eigenvalue weighted by Gasteiger charge is 2.31. The van der Waals surface area contributed by atoms with Crippen LogP contribution >= 0.6 is 0 Å². The molecule has 2 aromatic heterocycles. The molecule has 33 heavy (non-hydrogen) atoms. The molecule has 0 aliphatic rings. The fourth-order valence-electron chi connectivity index (χ4n) is 3.44. The van der Waals surface area contributed by atoms with Crippen LogP contribution in [0.1, 0.15) is 16.8 Å². The van der Waals surface area contributed by atoms with Gasteiger partial charge in [-0.1, -0.05) is 5.16 Å². The second-order valence-corrected chi connectivity index (χ2v) is 7.15. The fourth-order valence-corrected chi connectivity index (χ4v) is 3.44. The monoisotopic (exact) mass is 463 g/mol. The number of aryl methyl sites for hydroxylation is 1. The highest BCUT2D eigenvalue weighted by Crippen LogP contribution is 2.36. The molecule has 4 rings (SSSR count). The van der Waals surface area contributed by atoms with Crippen molar-refractivity contribution in [2.45, 2.75) is 19.6 Å². The van der Waals surface area contributed by atoms with E-state index in [0.717, 1.165) is 4.68 Å². The molecule has 0 bridgehead atoms. The molecule has 0 fully saturated rings. The molecule has 2 heterocycles. The largest absolute Gasteiger partial charge is 0.497 e. The zero-order chi connectivity index (χ0) is 23.9. The Morgan fingerprint density at radius 1 is 1.09 bits per heavy atom. The summed E-state index contributed by atoms with van der Waals surface area (Å²) in [6.45, 7) is 0.990. The minimum absolute atomic E-state index is 0.0600. The Morgan fingerprint density at radius 3 is 2.52 bits per heavy atom. The molecule has 2 aromatic carbocycles. The smallest absolute Gasteiger partial charge is 0.416 e. The minimum atomic E-state index is -4.67. The molecule has 0 radical (unpaired) electrons. The molecule has 0 saturated heterocycles. The number of aromatic nitrogens is 3. The molecule has 0 atom stereocenters. The van der Waals surface area contributed by atoms with Gasteiger partial charge in [0, 0.05) is 5.56 Å². The summed E-state index contributed by atoms with van der Waals surface area (Å²) < 4.78 is 70.6. The number of methoxy groups -OCH3 is 2. The van der Waals surface area contributed by atoms with Crippen molar-refractivity contribution in [3.8, 4) is 22.8 Å². The third kappa shape index (κ3) is 4.01. The number of benzene rings is 2. The van der Waals surface area contributed by atoms with Crippen molar-refractivity contribution in [3.05, 3.63) is 69.4 Å². The summed E-state index contributed by atoms with van der Waals surface area (Å²) in [7, 11) is 2.90. The van der Waals surface area contributed by atoms with Gasteiger partial charge in [-0.25, -0.2) is 9.07 Å². The Hall–Kier alpha value is -3.89. The first kappa shape index (κ1) is 22.3. The van der Waals surface area contributed by atoms with Crippen molar-refractivity contribution < 1.29 is 31.6 Å². The molecule has 0 amide bonds. The van der Waals surface area contributed by atoms with Crippen molar-refractivity contribution >= 4 is 11.0 Å². The Bertz CT molecular complexity index is 1410. The summed E-state index contributed by atoms with van der Waals surface area (Å²) in [6, 6.07) is 6.86. The Labute approximate surface area is 184 Å². The third-order valence-electron chi connectivity index (χ3n) is 5.10. The second-order valence-electron chi connectivity index (χ2n) is 7.15. The van der Waals surface area contributed by atoms with Gasteiger partial charge >= 0.3 is 6.18 Å². The van der Waals surface area contributed by atoms with Gasteiger partial charge in [0.25, 0.3) is 5.56 Å².